The maximum absolute atomic E-state index is 10.4. The minimum atomic E-state index is 0.446. The monoisotopic (exact) mass is 261 g/mol. The zero-order chi connectivity index (χ0) is 14.2. The summed E-state index contributed by atoms with van der Waals surface area (Å²) in [5, 5.41) is 0. The Morgan fingerprint density at radius 3 is 2.60 bits per heavy atom. The molecule has 0 aliphatic heterocycles. The Morgan fingerprint density at radius 2 is 1.90 bits per heavy atom. The van der Waals surface area contributed by atoms with E-state index in [-0.39, 0.29) is 0 Å². The molecule has 20 heavy (non-hydrogen) atoms. The molecule has 0 radical (unpaired) electrons. The van der Waals surface area contributed by atoms with Gasteiger partial charge in [-0.15, -0.1) is 6.58 Å². The van der Waals surface area contributed by atoms with Gasteiger partial charge in [0.15, 0.2) is 0 Å². The van der Waals surface area contributed by atoms with Crippen molar-refractivity contribution >= 4 is 6.29 Å². The zero-order valence-corrected chi connectivity index (χ0v) is 11.2. The van der Waals surface area contributed by atoms with Crippen molar-refractivity contribution in [1.82, 2.24) is 4.98 Å². The maximum Gasteiger partial charge on any atom is 0.124 e. The summed E-state index contributed by atoms with van der Waals surface area (Å²) in [5.74, 6) is 6.29. The van der Waals surface area contributed by atoms with Gasteiger partial charge in [-0.1, -0.05) is 30.0 Å². The number of pyridine rings is 1. The number of hydrogen-bond acceptors (Lipinski definition) is 2. The van der Waals surface area contributed by atoms with E-state index in [1.807, 2.05) is 42.6 Å². The lowest BCUT2D eigenvalue weighted by Gasteiger charge is -1.99. The van der Waals surface area contributed by atoms with Crippen LogP contribution in [0.5, 0.6) is 0 Å². The van der Waals surface area contributed by atoms with Gasteiger partial charge >= 0.3 is 0 Å². The second-order valence-corrected chi connectivity index (χ2v) is 4.34. The predicted molar refractivity (Wildman–Crippen MR) is 80.3 cm³/mol. The molecule has 1 heterocycles. The molecule has 2 heteroatoms. The lowest BCUT2D eigenvalue weighted by atomic mass is 10.1. The summed E-state index contributed by atoms with van der Waals surface area (Å²) in [6, 6.07) is 9.62. The Balaban J connectivity index is 2.22. The van der Waals surface area contributed by atoms with Gasteiger partial charge in [-0.25, -0.2) is 0 Å². The fraction of sp³-hybridized carbons (Fsp3) is 0.111. The molecule has 2 rings (SSSR count). The van der Waals surface area contributed by atoms with E-state index in [1.165, 1.54) is 0 Å². The molecule has 0 N–H and O–H groups in total. The van der Waals surface area contributed by atoms with E-state index in [2.05, 4.69) is 23.4 Å². The Labute approximate surface area is 119 Å². The first-order chi connectivity index (χ1) is 9.83. The quantitative estimate of drug-likeness (QED) is 0.481. The van der Waals surface area contributed by atoms with E-state index < -0.39 is 0 Å². The number of aldehydes is 1. The Hall–Kier alpha value is -2.66. The predicted octanol–water partition coefficient (Wildman–Crippen LogP) is 2.95. The molecule has 0 unspecified atom stereocenters. The van der Waals surface area contributed by atoms with Crippen LogP contribution in [0.2, 0.25) is 0 Å². The summed E-state index contributed by atoms with van der Waals surface area (Å²) >= 11 is 0. The topological polar surface area (TPSA) is 30.0 Å². The van der Waals surface area contributed by atoms with Crippen LogP contribution in [-0.2, 0) is 17.6 Å². The van der Waals surface area contributed by atoms with Crippen molar-refractivity contribution in [3.63, 3.8) is 0 Å². The fourth-order valence-electron chi connectivity index (χ4n) is 1.83. The molecule has 1 aromatic heterocycles. The van der Waals surface area contributed by atoms with Crippen LogP contribution in [-0.4, -0.2) is 11.3 Å². The highest BCUT2D eigenvalue weighted by atomic mass is 16.1. The fourth-order valence-corrected chi connectivity index (χ4v) is 1.83. The van der Waals surface area contributed by atoms with E-state index in [1.54, 1.807) is 6.20 Å². The van der Waals surface area contributed by atoms with Crippen LogP contribution < -0.4 is 0 Å². The third-order valence-corrected chi connectivity index (χ3v) is 2.88. The van der Waals surface area contributed by atoms with Crippen molar-refractivity contribution in [3.05, 3.63) is 77.6 Å². The molecule has 0 spiro atoms. The van der Waals surface area contributed by atoms with Crippen molar-refractivity contribution in [2.45, 2.75) is 12.8 Å². The van der Waals surface area contributed by atoms with Crippen molar-refractivity contribution < 1.29 is 4.79 Å². The number of hydrogen-bond donors (Lipinski definition) is 0. The zero-order valence-electron chi connectivity index (χ0n) is 11.2. The molecule has 0 bridgehead atoms. The molecular formula is C18H15NO. The number of carbonyl (C=O) groups is 1. The summed E-state index contributed by atoms with van der Waals surface area (Å²) in [6.07, 6.45) is 7.51. The molecule has 0 aliphatic carbocycles. The van der Waals surface area contributed by atoms with Crippen molar-refractivity contribution in [1.29, 1.82) is 0 Å². The minimum absolute atomic E-state index is 0.446. The van der Waals surface area contributed by atoms with Crippen LogP contribution in [0.15, 0.2) is 55.4 Å². The van der Waals surface area contributed by atoms with Crippen molar-refractivity contribution in [2.75, 3.05) is 0 Å². The Bertz CT molecular complexity index is 660. The van der Waals surface area contributed by atoms with Gasteiger partial charge in [-0.3, -0.25) is 4.98 Å². The van der Waals surface area contributed by atoms with E-state index in [0.717, 1.165) is 35.0 Å². The Morgan fingerprint density at radius 1 is 1.10 bits per heavy atom. The van der Waals surface area contributed by atoms with Crippen LogP contribution >= 0.6 is 0 Å². The van der Waals surface area contributed by atoms with Gasteiger partial charge in [0.1, 0.15) is 6.29 Å². The first-order valence-electron chi connectivity index (χ1n) is 6.42. The molecule has 0 atom stereocenters. The molecule has 2 nitrogen and oxygen atoms in total. The Kier molecular flexibility index (Phi) is 4.86. The molecule has 98 valence electrons. The minimum Gasteiger partial charge on any atom is -0.303 e. The third kappa shape index (κ3) is 3.66. The highest BCUT2D eigenvalue weighted by Gasteiger charge is 1.97. The number of allylic oxidation sites excluding steroid dienone is 1. The molecule has 0 amide bonds. The smallest absolute Gasteiger partial charge is 0.124 e. The summed E-state index contributed by atoms with van der Waals surface area (Å²) in [7, 11) is 0. The molecular weight excluding hydrogens is 246 g/mol. The van der Waals surface area contributed by atoms with Crippen LogP contribution in [0.3, 0.4) is 0 Å². The van der Waals surface area contributed by atoms with Gasteiger partial charge in [0.25, 0.3) is 0 Å². The number of nitrogens with zero attached hydrogens (tertiary/aromatic N) is 1. The number of aromatic nitrogens is 1. The molecule has 0 saturated heterocycles. The summed E-state index contributed by atoms with van der Waals surface area (Å²) < 4.78 is 0. The van der Waals surface area contributed by atoms with Crippen molar-refractivity contribution in [3.8, 4) is 11.8 Å². The van der Waals surface area contributed by atoms with Gasteiger partial charge in [0.05, 0.1) is 0 Å². The second kappa shape index (κ2) is 7.06. The molecule has 0 saturated carbocycles. The maximum atomic E-state index is 10.4. The first-order valence-corrected chi connectivity index (χ1v) is 6.42. The van der Waals surface area contributed by atoms with Crippen LogP contribution in [0, 0.1) is 11.8 Å². The number of benzene rings is 1. The van der Waals surface area contributed by atoms with Gasteiger partial charge in [0.2, 0.25) is 0 Å². The lowest BCUT2D eigenvalue weighted by Crippen LogP contribution is -1.89. The third-order valence-electron chi connectivity index (χ3n) is 2.88. The van der Waals surface area contributed by atoms with Crippen LogP contribution in [0.25, 0.3) is 0 Å². The molecule has 0 aliphatic rings. The van der Waals surface area contributed by atoms with Crippen LogP contribution in [0.4, 0.5) is 0 Å². The summed E-state index contributed by atoms with van der Waals surface area (Å²) in [4.78, 5) is 14.5. The summed E-state index contributed by atoms with van der Waals surface area (Å²) in [5.41, 5.74) is 3.98. The van der Waals surface area contributed by atoms with Crippen molar-refractivity contribution in [2.24, 2.45) is 0 Å². The van der Waals surface area contributed by atoms with E-state index >= 15 is 0 Å². The number of rotatable bonds is 4. The highest BCUT2D eigenvalue weighted by molar-refractivity contribution is 5.55. The first kappa shape index (κ1) is 13.8. The largest absolute Gasteiger partial charge is 0.303 e. The van der Waals surface area contributed by atoms with Crippen LogP contribution in [0.1, 0.15) is 22.3 Å². The molecule has 1 aromatic carbocycles. The van der Waals surface area contributed by atoms with Gasteiger partial charge in [0, 0.05) is 29.9 Å². The van der Waals surface area contributed by atoms with Gasteiger partial charge in [-0.05, 0) is 35.7 Å². The van der Waals surface area contributed by atoms with Gasteiger partial charge in [-0.2, -0.15) is 0 Å². The highest BCUT2D eigenvalue weighted by Crippen LogP contribution is 2.08. The SMILES string of the molecule is C=CCc1cnccc1C#Cc1ccc(CC=O)cc1. The number of carbonyl (C=O) groups excluding carboxylic acids is 1. The van der Waals surface area contributed by atoms with E-state index in [4.69, 9.17) is 0 Å². The molecule has 0 fully saturated rings. The average Bonchev–Trinajstić information content (AvgIpc) is 2.48. The molecule has 2 aromatic rings. The normalized spacial score (nSPS) is 9.40. The van der Waals surface area contributed by atoms with Gasteiger partial charge < -0.3 is 4.79 Å². The standard InChI is InChI=1S/C18H15NO/c1-2-3-18-14-19-12-10-17(18)9-8-15-4-6-16(7-5-15)11-13-20/h2,4-7,10,12-14H,1,3,11H2. The van der Waals surface area contributed by atoms with E-state index in [9.17, 15) is 4.79 Å². The van der Waals surface area contributed by atoms with E-state index in [0.29, 0.717) is 6.42 Å². The average molecular weight is 261 g/mol. The second-order valence-electron chi connectivity index (χ2n) is 4.34. The summed E-state index contributed by atoms with van der Waals surface area (Å²) in [6.45, 7) is 3.74. The lowest BCUT2D eigenvalue weighted by molar-refractivity contribution is -0.107.